The Balaban J connectivity index is 1.81. The molecular formula is C13H16N2OS. The minimum atomic E-state index is 0.746. The van der Waals surface area contributed by atoms with E-state index < -0.39 is 0 Å². The predicted molar refractivity (Wildman–Crippen MR) is 69.2 cm³/mol. The molecule has 2 aromatic rings. The number of rotatable bonds is 4. The SMILES string of the molecule is Cc1nc(-c2ccoc2C)sc1CNC1CC1. The first-order chi connectivity index (χ1) is 8.24. The number of hydrogen-bond acceptors (Lipinski definition) is 4. The molecule has 0 bridgehead atoms. The van der Waals surface area contributed by atoms with Crippen LogP contribution in [0.3, 0.4) is 0 Å². The first-order valence-electron chi connectivity index (χ1n) is 5.98. The smallest absolute Gasteiger partial charge is 0.127 e. The number of nitrogens with zero attached hydrogens (tertiary/aromatic N) is 1. The Morgan fingerprint density at radius 1 is 1.47 bits per heavy atom. The van der Waals surface area contributed by atoms with E-state index >= 15 is 0 Å². The van der Waals surface area contributed by atoms with Crippen molar-refractivity contribution in [3.05, 3.63) is 28.7 Å². The van der Waals surface area contributed by atoms with E-state index in [1.54, 1.807) is 17.6 Å². The highest BCUT2D eigenvalue weighted by Gasteiger charge is 2.21. The molecule has 0 radical (unpaired) electrons. The van der Waals surface area contributed by atoms with Crippen molar-refractivity contribution in [1.82, 2.24) is 10.3 Å². The van der Waals surface area contributed by atoms with Gasteiger partial charge in [-0.3, -0.25) is 0 Å². The van der Waals surface area contributed by atoms with Gasteiger partial charge >= 0.3 is 0 Å². The lowest BCUT2D eigenvalue weighted by molar-refractivity contribution is 0.535. The van der Waals surface area contributed by atoms with E-state index in [-0.39, 0.29) is 0 Å². The number of hydrogen-bond donors (Lipinski definition) is 1. The fraction of sp³-hybridized carbons (Fsp3) is 0.462. The maximum atomic E-state index is 5.33. The molecule has 0 aromatic carbocycles. The van der Waals surface area contributed by atoms with Crippen molar-refractivity contribution in [2.45, 2.75) is 39.3 Å². The molecule has 0 spiro atoms. The van der Waals surface area contributed by atoms with E-state index in [0.717, 1.165) is 34.6 Å². The Morgan fingerprint density at radius 2 is 2.29 bits per heavy atom. The van der Waals surface area contributed by atoms with Crippen molar-refractivity contribution in [3.63, 3.8) is 0 Å². The molecule has 0 amide bonds. The summed E-state index contributed by atoms with van der Waals surface area (Å²) in [5.74, 6) is 0.945. The molecule has 0 atom stereocenters. The summed E-state index contributed by atoms with van der Waals surface area (Å²) < 4.78 is 5.33. The fourth-order valence-electron chi connectivity index (χ4n) is 1.84. The number of aryl methyl sites for hydroxylation is 2. The Morgan fingerprint density at radius 3 is 2.94 bits per heavy atom. The number of furan rings is 1. The van der Waals surface area contributed by atoms with Crippen LogP contribution in [0.4, 0.5) is 0 Å². The van der Waals surface area contributed by atoms with Crippen LogP contribution in [0.15, 0.2) is 16.7 Å². The van der Waals surface area contributed by atoms with Gasteiger partial charge in [-0.1, -0.05) is 0 Å². The zero-order valence-electron chi connectivity index (χ0n) is 10.1. The second-order valence-corrected chi connectivity index (χ2v) is 5.66. The van der Waals surface area contributed by atoms with Crippen LogP contribution in [-0.4, -0.2) is 11.0 Å². The largest absolute Gasteiger partial charge is 0.469 e. The molecule has 1 saturated carbocycles. The fourth-order valence-corrected chi connectivity index (χ4v) is 2.93. The quantitative estimate of drug-likeness (QED) is 0.902. The molecule has 1 N–H and O–H groups in total. The van der Waals surface area contributed by atoms with E-state index in [1.807, 2.05) is 13.0 Å². The van der Waals surface area contributed by atoms with Gasteiger partial charge in [-0.25, -0.2) is 4.98 Å². The highest BCUT2D eigenvalue weighted by atomic mass is 32.1. The van der Waals surface area contributed by atoms with Gasteiger partial charge in [-0.2, -0.15) is 0 Å². The second kappa shape index (κ2) is 4.27. The Hall–Kier alpha value is -1.13. The summed E-state index contributed by atoms with van der Waals surface area (Å²) >= 11 is 1.77. The normalized spacial score (nSPS) is 15.4. The van der Waals surface area contributed by atoms with E-state index in [4.69, 9.17) is 4.42 Å². The molecule has 2 heterocycles. The number of nitrogens with one attached hydrogen (secondary N) is 1. The van der Waals surface area contributed by atoms with Crippen LogP contribution in [0.5, 0.6) is 0 Å². The van der Waals surface area contributed by atoms with E-state index in [0.29, 0.717) is 0 Å². The summed E-state index contributed by atoms with van der Waals surface area (Å²) in [6, 6.07) is 2.74. The van der Waals surface area contributed by atoms with E-state index in [1.165, 1.54) is 17.7 Å². The van der Waals surface area contributed by atoms with Gasteiger partial charge in [0.05, 0.1) is 17.5 Å². The second-order valence-electron chi connectivity index (χ2n) is 4.57. The molecule has 90 valence electrons. The highest BCUT2D eigenvalue weighted by molar-refractivity contribution is 7.15. The number of aromatic nitrogens is 1. The van der Waals surface area contributed by atoms with Crippen molar-refractivity contribution in [2.75, 3.05) is 0 Å². The third kappa shape index (κ3) is 2.28. The predicted octanol–water partition coefficient (Wildman–Crippen LogP) is 3.27. The standard InChI is InChI=1S/C13H16N2OS/c1-8-12(7-14-10-3-4-10)17-13(15-8)11-5-6-16-9(11)2/h5-6,10,14H,3-4,7H2,1-2H3. The van der Waals surface area contributed by atoms with Gasteiger partial charge < -0.3 is 9.73 Å². The summed E-state index contributed by atoms with van der Waals surface area (Å²) in [7, 11) is 0. The molecule has 1 aliphatic rings. The average molecular weight is 248 g/mol. The summed E-state index contributed by atoms with van der Waals surface area (Å²) in [5, 5.41) is 4.60. The molecule has 3 nitrogen and oxygen atoms in total. The van der Waals surface area contributed by atoms with Crippen LogP contribution in [0.1, 0.15) is 29.2 Å². The van der Waals surface area contributed by atoms with Gasteiger partial charge in [0.15, 0.2) is 0 Å². The minimum absolute atomic E-state index is 0.746. The van der Waals surface area contributed by atoms with Crippen molar-refractivity contribution in [1.29, 1.82) is 0 Å². The monoisotopic (exact) mass is 248 g/mol. The molecule has 0 aliphatic heterocycles. The van der Waals surface area contributed by atoms with Gasteiger partial charge in [-0.05, 0) is 32.8 Å². The molecular weight excluding hydrogens is 232 g/mol. The molecule has 2 aromatic heterocycles. The molecule has 1 aliphatic carbocycles. The molecule has 0 unspecified atom stereocenters. The van der Waals surface area contributed by atoms with Crippen molar-refractivity contribution in [3.8, 4) is 10.6 Å². The van der Waals surface area contributed by atoms with E-state index in [9.17, 15) is 0 Å². The minimum Gasteiger partial charge on any atom is -0.469 e. The van der Waals surface area contributed by atoms with Gasteiger partial charge in [0, 0.05) is 17.5 Å². The van der Waals surface area contributed by atoms with E-state index in [2.05, 4.69) is 17.2 Å². The third-order valence-corrected chi connectivity index (χ3v) is 4.30. The Labute approximate surface area is 105 Å². The lowest BCUT2D eigenvalue weighted by atomic mass is 10.3. The van der Waals surface area contributed by atoms with Crippen molar-refractivity contribution >= 4 is 11.3 Å². The third-order valence-electron chi connectivity index (χ3n) is 3.11. The Kier molecular flexibility index (Phi) is 2.76. The average Bonchev–Trinajstić information content (AvgIpc) is 2.93. The lowest BCUT2D eigenvalue weighted by Crippen LogP contribution is -2.14. The summed E-state index contributed by atoms with van der Waals surface area (Å²) in [4.78, 5) is 5.97. The Bertz CT molecular complexity index is 525. The highest BCUT2D eigenvalue weighted by Crippen LogP contribution is 2.31. The van der Waals surface area contributed by atoms with Gasteiger partial charge in [0.2, 0.25) is 0 Å². The topological polar surface area (TPSA) is 38.1 Å². The van der Waals surface area contributed by atoms with Crippen LogP contribution >= 0.6 is 11.3 Å². The summed E-state index contributed by atoms with van der Waals surface area (Å²) in [5.41, 5.74) is 2.26. The molecule has 0 saturated heterocycles. The van der Waals surface area contributed by atoms with Crippen LogP contribution in [-0.2, 0) is 6.54 Å². The molecule has 4 heteroatoms. The van der Waals surface area contributed by atoms with Crippen LogP contribution in [0.25, 0.3) is 10.6 Å². The molecule has 3 rings (SSSR count). The first kappa shape index (κ1) is 11.0. The van der Waals surface area contributed by atoms with Crippen molar-refractivity contribution < 1.29 is 4.42 Å². The van der Waals surface area contributed by atoms with Crippen LogP contribution in [0.2, 0.25) is 0 Å². The molecule has 1 fully saturated rings. The maximum Gasteiger partial charge on any atom is 0.127 e. The number of thiazole rings is 1. The van der Waals surface area contributed by atoms with Crippen LogP contribution < -0.4 is 5.32 Å². The van der Waals surface area contributed by atoms with Crippen LogP contribution in [0, 0.1) is 13.8 Å². The molecule has 17 heavy (non-hydrogen) atoms. The zero-order valence-corrected chi connectivity index (χ0v) is 10.9. The lowest BCUT2D eigenvalue weighted by Gasteiger charge is -1.99. The van der Waals surface area contributed by atoms with Gasteiger partial charge in [-0.15, -0.1) is 11.3 Å². The van der Waals surface area contributed by atoms with Gasteiger partial charge in [0.25, 0.3) is 0 Å². The summed E-state index contributed by atoms with van der Waals surface area (Å²) in [6.45, 7) is 5.01. The van der Waals surface area contributed by atoms with Crippen molar-refractivity contribution in [2.24, 2.45) is 0 Å². The maximum absolute atomic E-state index is 5.33. The van der Waals surface area contributed by atoms with Gasteiger partial charge in [0.1, 0.15) is 10.8 Å². The zero-order chi connectivity index (χ0) is 11.8. The summed E-state index contributed by atoms with van der Waals surface area (Å²) in [6.07, 6.45) is 4.38. The first-order valence-corrected chi connectivity index (χ1v) is 6.80.